The zero-order valence-electron chi connectivity index (χ0n) is 12.5. The standard InChI is InChI=1S/C18H30/c1-4-6-11-15-18(3,16-12-7-5-2)17-13-9-8-10-14-17/h8-10,13-14H,4-7,11-12,15-16H2,1-3H3. The highest BCUT2D eigenvalue weighted by Crippen LogP contribution is 2.35. The highest BCUT2D eigenvalue weighted by atomic mass is 14.3. The smallest absolute Gasteiger partial charge is 0.00753 e. The first-order valence-corrected chi connectivity index (χ1v) is 7.78. The minimum absolute atomic E-state index is 0.394. The van der Waals surface area contributed by atoms with Crippen LogP contribution < -0.4 is 0 Å². The van der Waals surface area contributed by atoms with Crippen LogP contribution in [0, 0.1) is 0 Å². The Labute approximate surface area is 114 Å². The fraction of sp³-hybridized carbons (Fsp3) is 0.667. The van der Waals surface area contributed by atoms with Crippen LogP contribution in [-0.2, 0) is 5.41 Å². The number of hydrogen-bond acceptors (Lipinski definition) is 0. The zero-order valence-corrected chi connectivity index (χ0v) is 12.5. The molecular formula is C18H30. The van der Waals surface area contributed by atoms with E-state index >= 15 is 0 Å². The molecule has 0 saturated carbocycles. The highest BCUT2D eigenvalue weighted by Gasteiger charge is 2.25. The molecule has 0 heteroatoms. The fourth-order valence-electron chi connectivity index (χ4n) is 2.78. The highest BCUT2D eigenvalue weighted by molar-refractivity contribution is 5.24. The topological polar surface area (TPSA) is 0 Å². The number of unbranched alkanes of at least 4 members (excludes halogenated alkanes) is 4. The Morgan fingerprint density at radius 3 is 1.72 bits per heavy atom. The normalized spacial score (nSPS) is 11.7. The molecule has 0 aliphatic carbocycles. The summed E-state index contributed by atoms with van der Waals surface area (Å²) in [6.45, 7) is 7.04. The third kappa shape index (κ3) is 4.84. The predicted molar refractivity (Wildman–Crippen MR) is 82.1 cm³/mol. The molecule has 0 fully saturated rings. The van der Waals surface area contributed by atoms with Gasteiger partial charge in [-0.2, -0.15) is 0 Å². The molecule has 0 bridgehead atoms. The Morgan fingerprint density at radius 2 is 1.28 bits per heavy atom. The van der Waals surface area contributed by atoms with Crippen molar-refractivity contribution in [3.63, 3.8) is 0 Å². The maximum absolute atomic E-state index is 2.47. The summed E-state index contributed by atoms with van der Waals surface area (Å²) in [7, 11) is 0. The largest absolute Gasteiger partial charge is 0.0654 e. The Hall–Kier alpha value is -0.780. The molecule has 0 aromatic heterocycles. The Balaban J connectivity index is 2.67. The zero-order chi connectivity index (χ0) is 13.3. The molecule has 18 heavy (non-hydrogen) atoms. The summed E-state index contributed by atoms with van der Waals surface area (Å²) in [5.74, 6) is 0. The summed E-state index contributed by atoms with van der Waals surface area (Å²) in [5, 5.41) is 0. The average molecular weight is 246 g/mol. The molecule has 0 aliphatic heterocycles. The molecule has 1 aromatic carbocycles. The molecule has 0 heterocycles. The summed E-state index contributed by atoms with van der Waals surface area (Å²) in [5.41, 5.74) is 1.93. The van der Waals surface area contributed by atoms with Crippen LogP contribution in [0.3, 0.4) is 0 Å². The lowest BCUT2D eigenvalue weighted by atomic mass is 9.74. The van der Waals surface area contributed by atoms with Crippen LogP contribution >= 0.6 is 0 Å². The molecule has 0 radical (unpaired) electrons. The van der Waals surface area contributed by atoms with Gasteiger partial charge in [-0.3, -0.25) is 0 Å². The summed E-state index contributed by atoms with van der Waals surface area (Å²) < 4.78 is 0. The van der Waals surface area contributed by atoms with Crippen molar-refractivity contribution < 1.29 is 0 Å². The van der Waals surface area contributed by atoms with Gasteiger partial charge in [-0.15, -0.1) is 0 Å². The van der Waals surface area contributed by atoms with Crippen molar-refractivity contribution in [1.29, 1.82) is 0 Å². The predicted octanol–water partition coefficient (Wildman–Crippen LogP) is 6.10. The minimum atomic E-state index is 0.394. The van der Waals surface area contributed by atoms with Gasteiger partial charge in [-0.1, -0.05) is 89.6 Å². The van der Waals surface area contributed by atoms with Crippen molar-refractivity contribution >= 4 is 0 Å². The minimum Gasteiger partial charge on any atom is -0.0654 e. The van der Waals surface area contributed by atoms with E-state index in [-0.39, 0.29) is 0 Å². The molecule has 0 unspecified atom stereocenters. The van der Waals surface area contributed by atoms with E-state index in [1.807, 2.05) is 0 Å². The molecule has 102 valence electrons. The van der Waals surface area contributed by atoms with E-state index in [2.05, 4.69) is 51.1 Å². The second kappa shape index (κ2) is 8.34. The van der Waals surface area contributed by atoms with Crippen molar-refractivity contribution in [3.8, 4) is 0 Å². The quantitative estimate of drug-likeness (QED) is 0.461. The Morgan fingerprint density at radius 1 is 0.778 bits per heavy atom. The molecule has 0 atom stereocenters. The van der Waals surface area contributed by atoms with E-state index in [1.54, 1.807) is 0 Å². The van der Waals surface area contributed by atoms with Gasteiger partial charge in [0.25, 0.3) is 0 Å². The van der Waals surface area contributed by atoms with Crippen LogP contribution in [0.5, 0.6) is 0 Å². The number of rotatable bonds is 9. The molecule has 0 spiro atoms. The monoisotopic (exact) mass is 246 g/mol. The van der Waals surface area contributed by atoms with Gasteiger partial charge in [0.2, 0.25) is 0 Å². The van der Waals surface area contributed by atoms with Crippen molar-refractivity contribution in [2.24, 2.45) is 0 Å². The third-order valence-electron chi connectivity index (χ3n) is 4.13. The Bertz CT molecular complexity index is 289. The number of hydrogen-bond donors (Lipinski definition) is 0. The van der Waals surface area contributed by atoms with Gasteiger partial charge in [0.05, 0.1) is 0 Å². The molecule has 0 N–H and O–H groups in total. The summed E-state index contributed by atoms with van der Waals surface area (Å²) in [4.78, 5) is 0. The molecule has 1 aromatic rings. The lowest BCUT2D eigenvalue weighted by molar-refractivity contribution is 0.367. The van der Waals surface area contributed by atoms with Crippen LogP contribution in [0.15, 0.2) is 30.3 Å². The molecule has 0 amide bonds. The summed E-state index contributed by atoms with van der Waals surface area (Å²) in [6, 6.07) is 11.1. The van der Waals surface area contributed by atoms with E-state index in [4.69, 9.17) is 0 Å². The maximum Gasteiger partial charge on any atom is -0.00753 e. The van der Waals surface area contributed by atoms with Gasteiger partial charge in [0, 0.05) is 0 Å². The maximum atomic E-state index is 2.47. The van der Waals surface area contributed by atoms with E-state index in [0.717, 1.165) is 0 Å². The average Bonchev–Trinajstić information content (AvgIpc) is 2.40. The van der Waals surface area contributed by atoms with E-state index < -0.39 is 0 Å². The van der Waals surface area contributed by atoms with E-state index in [0.29, 0.717) is 5.41 Å². The molecular weight excluding hydrogens is 216 g/mol. The molecule has 0 saturated heterocycles. The first-order valence-electron chi connectivity index (χ1n) is 7.78. The molecule has 0 nitrogen and oxygen atoms in total. The lowest BCUT2D eigenvalue weighted by Gasteiger charge is -2.30. The van der Waals surface area contributed by atoms with Crippen LogP contribution in [0.2, 0.25) is 0 Å². The first-order chi connectivity index (χ1) is 8.73. The fourth-order valence-corrected chi connectivity index (χ4v) is 2.78. The van der Waals surface area contributed by atoms with Crippen LogP contribution in [0.1, 0.15) is 77.7 Å². The Kier molecular flexibility index (Phi) is 7.08. The SMILES string of the molecule is CCCCCC(C)(CCCCC)c1ccccc1. The van der Waals surface area contributed by atoms with E-state index in [1.165, 1.54) is 56.9 Å². The van der Waals surface area contributed by atoms with Gasteiger partial charge in [-0.05, 0) is 23.8 Å². The van der Waals surface area contributed by atoms with Crippen LogP contribution in [0.4, 0.5) is 0 Å². The van der Waals surface area contributed by atoms with Gasteiger partial charge < -0.3 is 0 Å². The van der Waals surface area contributed by atoms with E-state index in [9.17, 15) is 0 Å². The first kappa shape index (κ1) is 15.3. The second-order valence-corrected chi connectivity index (χ2v) is 5.84. The van der Waals surface area contributed by atoms with Gasteiger partial charge in [0.15, 0.2) is 0 Å². The number of benzene rings is 1. The summed E-state index contributed by atoms with van der Waals surface area (Å²) >= 11 is 0. The van der Waals surface area contributed by atoms with Gasteiger partial charge >= 0.3 is 0 Å². The molecule has 1 rings (SSSR count). The van der Waals surface area contributed by atoms with Crippen molar-refractivity contribution in [1.82, 2.24) is 0 Å². The third-order valence-corrected chi connectivity index (χ3v) is 4.13. The molecule has 0 aliphatic rings. The van der Waals surface area contributed by atoms with Crippen molar-refractivity contribution in [3.05, 3.63) is 35.9 Å². The van der Waals surface area contributed by atoms with Gasteiger partial charge in [0.1, 0.15) is 0 Å². The van der Waals surface area contributed by atoms with Crippen LogP contribution in [0.25, 0.3) is 0 Å². The van der Waals surface area contributed by atoms with Crippen molar-refractivity contribution in [2.45, 2.75) is 77.6 Å². The van der Waals surface area contributed by atoms with Crippen molar-refractivity contribution in [2.75, 3.05) is 0 Å². The van der Waals surface area contributed by atoms with Gasteiger partial charge in [-0.25, -0.2) is 0 Å². The second-order valence-electron chi connectivity index (χ2n) is 5.84. The summed E-state index contributed by atoms with van der Waals surface area (Å²) in [6.07, 6.45) is 10.8. The lowest BCUT2D eigenvalue weighted by Crippen LogP contribution is -2.22. The van der Waals surface area contributed by atoms with Crippen LogP contribution in [-0.4, -0.2) is 0 Å².